The monoisotopic (exact) mass is 358 g/mol. The lowest BCUT2D eigenvalue weighted by molar-refractivity contribution is 0.0341. The predicted octanol–water partition coefficient (Wildman–Crippen LogP) is 2.76. The van der Waals surface area contributed by atoms with Crippen molar-refractivity contribution in [2.75, 3.05) is 39.4 Å². The number of hydrogen-bond acceptors (Lipinski definition) is 3. The third-order valence-corrected chi connectivity index (χ3v) is 5.15. The van der Waals surface area contributed by atoms with Crippen molar-refractivity contribution in [1.82, 2.24) is 15.5 Å². The van der Waals surface area contributed by atoms with E-state index < -0.39 is 0 Å². The second-order valence-corrected chi connectivity index (χ2v) is 7.36. The summed E-state index contributed by atoms with van der Waals surface area (Å²) in [5.41, 5.74) is 2.69. The van der Waals surface area contributed by atoms with Gasteiger partial charge < -0.3 is 15.4 Å². The first-order valence-electron chi connectivity index (χ1n) is 10.2. The van der Waals surface area contributed by atoms with E-state index in [-0.39, 0.29) is 0 Å². The average molecular weight is 359 g/mol. The van der Waals surface area contributed by atoms with Crippen LogP contribution in [0.4, 0.5) is 0 Å². The second-order valence-electron chi connectivity index (χ2n) is 7.36. The minimum Gasteiger partial charge on any atom is -0.379 e. The van der Waals surface area contributed by atoms with E-state index in [0.717, 1.165) is 64.4 Å². The average Bonchev–Trinajstić information content (AvgIpc) is 3.49. The van der Waals surface area contributed by atoms with Crippen molar-refractivity contribution in [1.29, 1.82) is 0 Å². The van der Waals surface area contributed by atoms with Crippen molar-refractivity contribution in [2.45, 2.75) is 45.7 Å². The molecule has 1 saturated heterocycles. The minimum atomic E-state index is 0.721. The Kier molecular flexibility index (Phi) is 7.77. The van der Waals surface area contributed by atoms with Crippen LogP contribution in [-0.2, 0) is 17.8 Å². The van der Waals surface area contributed by atoms with E-state index in [2.05, 4.69) is 46.7 Å². The first-order chi connectivity index (χ1) is 12.8. The van der Waals surface area contributed by atoms with Crippen LogP contribution in [0.5, 0.6) is 0 Å². The van der Waals surface area contributed by atoms with Crippen LogP contribution >= 0.6 is 0 Å². The quantitative estimate of drug-likeness (QED) is 0.405. The third-order valence-electron chi connectivity index (χ3n) is 5.15. The molecule has 2 N–H and O–H groups in total. The molecule has 0 spiro atoms. The lowest BCUT2D eigenvalue weighted by atomic mass is 10.1. The number of nitrogens with one attached hydrogen (secondary N) is 2. The first-order valence-corrected chi connectivity index (χ1v) is 10.2. The maximum absolute atomic E-state index is 5.46. The Bertz CT molecular complexity index is 565. The molecule has 2 aliphatic rings. The SMILES string of the molecule is CCNC(=NCc1ccccc1CN1CCOCC1)NCCCC1CC1. The number of morpholine rings is 1. The number of hydrogen-bond donors (Lipinski definition) is 2. The third kappa shape index (κ3) is 6.61. The molecular weight excluding hydrogens is 324 g/mol. The van der Waals surface area contributed by atoms with Crippen molar-refractivity contribution in [3.05, 3.63) is 35.4 Å². The maximum atomic E-state index is 5.46. The van der Waals surface area contributed by atoms with Crippen LogP contribution in [0.2, 0.25) is 0 Å². The summed E-state index contributed by atoms with van der Waals surface area (Å²) in [5, 5.41) is 6.86. The van der Waals surface area contributed by atoms with Crippen molar-refractivity contribution in [3.63, 3.8) is 0 Å². The Hall–Kier alpha value is -1.59. The zero-order valence-electron chi connectivity index (χ0n) is 16.2. The van der Waals surface area contributed by atoms with E-state index in [1.54, 1.807) is 0 Å². The Morgan fingerprint density at radius 2 is 1.92 bits per heavy atom. The minimum absolute atomic E-state index is 0.721. The fourth-order valence-corrected chi connectivity index (χ4v) is 3.38. The Morgan fingerprint density at radius 3 is 2.65 bits per heavy atom. The van der Waals surface area contributed by atoms with Gasteiger partial charge in [-0.3, -0.25) is 4.90 Å². The highest BCUT2D eigenvalue weighted by Crippen LogP contribution is 2.33. The van der Waals surface area contributed by atoms with Crippen LogP contribution in [-0.4, -0.2) is 50.3 Å². The van der Waals surface area contributed by atoms with Gasteiger partial charge in [0, 0.05) is 32.7 Å². The number of aliphatic imine (C=N–C) groups is 1. The molecule has 0 unspecified atom stereocenters. The molecule has 1 aromatic rings. The predicted molar refractivity (Wildman–Crippen MR) is 107 cm³/mol. The Labute approximate surface area is 158 Å². The van der Waals surface area contributed by atoms with Gasteiger partial charge in [0.2, 0.25) is 0 Å². The van der Waals surface area contributed by atoms with Gasteiger partial charge in [0.05, 0.1) is 19.8 Å². The number of benzene rings is 1. The highest BCUT2D eigenvalue weighted by atomic mass is 16.5. The molecule has 0 bridgehead atoms. The molecule has 2 fully saturated rings. The lowest BCUT2D eigenvalue weighted by Gasteiger charge is -2.27. The van der Waals surface area contributed by atoms with Gasteiger partial charge in [0.25, 0.3) is 0 Å². The van der Waals surface area contributed by atoms with E-state index in [0.29, 0.717) is 0 Å². The summed E-state index contributed by atoms with van der Waals surface area (Å²) in [6.45, 7) is 9.45. The molecule has 0 aromatic heterocycles. The molecule has 1 aliphatic carbocycles. The van der Waals surface area contributed by atoms with Crippen molar-refractivity contribution >= 4 is 5.96 Å². The molecule has 144 valence electrons. The fraction of sp³-hybridized carbons (Fsp3) is 0.667. The summed E-state index contributed by atoms with van der Waals surface area (Å²) >= 11 is 0. The molecule has 26 heavy (non-hydrogen) atoms. The van der Waals surface area contributed by atoms with E-state index in [1.807, 2.05) is 0 Å². The topological polar surface area (TPSA) is 48.9 Å². The fourth-order valence-electron chi connectivity index (χ4n) is 3.38. The molecule has 0 amide bonds. The molecule has 0 radical (unpaired) electrons. The van der Waals surface area contributed by atoms with E-state index in [4.69, 9.17) is 9.73 Å². The summed E-state index contributed by atoms with van der Waals surface area (Å²) in [6.07, 6.45) is 5.47. The summed E-state index contributed by atoms with van der Waals surface area (Å²) in [4.78, 5) is 7.29. The van der Waals surface area contributed by atoms with Gasteiger partial charge in [-0.25, -0.2) is 4.99 Å². The van der Waals surface area contributed by atoms with Gasteiger partial charge in [-0.15, -0.1) is 0 Å². The normalized spacial score (nSPS) is 18.7. The van der Waals surface area contributed by atoms with Gasteiger partial charge in [-0.1, -0.05) is 37.1 Å². The molecular formula is C21H34N4O. The zero-order valence-corrected chi connectivity index (χ0v) is 16.2. The van der Waals surface area contributed by atoms with Gasteiger partial charge in [-0.2, -0.15) is 0 Å². The van der Waals surface area contributed by atoms with Gasteiger partial charge in [0.15, 0.2) is 5.96 Å². The van der Waals surface area contributed by atoms with Crippen LogP contribution in [0.25, 0.3) is 0 Å². The maximum Gasteiger partial charge on any atom is 0.191 e. The highest BCUT2D eigenvalue weighted by molar-refractivity contribution is 5.79. The van der Waals surface area contributed by atoms with Crippen LogP contribution in [0.1, 0.15) is 43.7 Å². The van der Waals surface area contributed by atoms with E-state index >= 15 is 0 Å². The smallest absolute Gasteiger partial charge is 0.191 e. The number of guanidine groups is 1. The summed E-state index contributed by atoms with van der Waals surface area (Å²) in [6, 6.07) is 8.68. The molecule has 3 rings (SSSR count). The van der Waals surface area contributed by atoms with E-state index in [9.17, 15) is 0 Å². The second kappa shape index (κ2) is 10.5. The summed E-state index contributed by atoms with van der Waals surface area (Å²) in [5.74, 6) is 1.94. The van der Waals surface area contributed by atoms with Gasteiger partial charge in [0.1, 0.15) is 0 Å². The summed E-state index contributed by atoms with van der Waals surface area (Å²) < 4.78 is 5.46. The van der Waals surface area contributed by atoms with Gasteiger partial charge >= 0.3 is 0 Å². The van der Waals surface area contributed by atoms with E-state index in [1.165, 1.54) is 36.8 Å². The van der Waals surface area contributed by atoms with Gasteiger partial charge in [-0.05, 0) is 36.8 Å². The molecule has 1 saturated carbocycles. The number of rotatable bonds is 9. The molecule has 1 aliphatic heterocycles. The number of nitrogens with zero attached hydrogens (tertiary/aromatic N) is 2. The summed E-state index contributed by atoms with van der Waals surface area (Å²) in [7, 11) is 0. The molecule has 5 heteroatoms. The largest absolute Gasteiger partial charge is 0.379 e. The Morgan fingerprint density at radius 1 is 1.15 bits per heavy atom. The first kappa shape index (κ1) is 19.2. The molecule has 1 heterocycles. The lowest BCUT2D eigenvalue weighted by Crippen LogP contribution is -2.38. The molecule has 0 atom stereocenters. The van der Waals surface area contributed by atoms with Crippen LogP contribution in [0.3, 0.4) is 0 Å². The van der Waals surface area contributed by atoms with Crippen molar-refractivity contribution in [2.24, 2.45) is 10.9 Å². The van der Waals surface area contributed by atoms with Crippen LogP contribution in [0.15, 0.2) is 29.3 Å². The molecule has 5 nitrogen and oxygen atoms in total. The van der Waals surface area contributed by atoms with Crippen molar-refractivity contribution < 1.29 is 4.74 Å². The van der Waals surface area contributed by atoms with Crippen LogP contribution in [0, 0.1) is 5.92 Å². The standard InChI is InChI=1S/C21H34N4O/c1-2-22-21(23-11-5-6-18-9-10-18)24-16-19-7-3-4-8-20(19)17-25-12-14-26-15-13-25/h3-4,7-8,18H,2,5-6,9-17H2,1H3,(H2,22,23,24). The molecule has 1 aromatic carbocycles. The zero-order chi connectivity index (χ0) is 18.0. The number of ether oxygens (including phenoxy) is 1. The Balaban J connectivity index is 1.53. The highest BCUT2D eigenvalue weighted by Gasteiger charge is 2.20. The van der Waals surface area contributed by atoms with Crippen LogP contribution < -0.4 is 10.6 Å². The van der Waals surface area contributed by atoms with Crippen molar-refractivity contribution in [3.8, 4) is 0 Å².